The highest BCUT2D eigenvalue weighted by atomic mass is 15.1. The smallest absolute Gasteiger partial charge is 0.0991 e. The molecule has 1 atom stereocenters. The van der Waals surface area contributed by atoms with Crippen LogP contribution in [-0.2, 0) is 6.54 Å². The summed E-state index contributed by atoms with van der Waals surface area (Å²) in [6.07, 6.45) is 0. The van der Waals surface area contributed by atoms with Crippen LogP contribution in [0.15, 0.2) is 18.2 Å². The number of nitrogens with zero attached hydrogens (tertiary/aromatic N) is 3. The molecule has 0 radical (unpaired) electrons. The van der Waals surface area contributed by atoms with Crippen molar-refractivity contribution in [3.05, 3.63) is 34.9 Å². The Hall–Kier alpha value is -1.84. The molecule has 17 heavy (non-hydrogen) atoms. The summed E-state index contributed by atoms with van der Waals surface area (Å²) < 4.78 is 0. The lowest BCUT2D eigenvalue weighted by Crippen LogP contribution is -2.23. The van der Waals surface area contributed by atoms with Crippen LogP contribution >= 0.6 is 0 Å². The summed E-state index contributed by atoms with van der Waals surface area (Å²) in [4.78, 5) is 2.13. The first-order chi connectivity index (χ1) is 8.06. The Balaban J connectivity index is 2.70. The van der Waals surface area contributed by atoms with E-state index in [-0.39, 0.29) is 5.92 Å². The lowest BCUT2D eigenvalue weighted by Gasteiger charge is -2.19. The van der Waals surface area contributed by atoms with Gasteiger partial charge in [0.15, 0.2) is 0 Å². The Morgan fingerprint density at radius 3 is 2.59 bits per heavy atom. The maximum absolute atomic E-state index is 8.79. The highest BCUT2D eigenvalue weighted by molar-refractivity contribution is 5.37. The zero-order valence-corrected chi connectivity index (χ0v) is 10.6. The van der Waals surface area contributed by atoms with E-state index in [9.17, 15) is 0 Å². The number of hydrogen-bond donors (Lipinski definition) is 0. The van der Waals surface area contributed by atoms with E-state index in [0.717, 1.165) is 18.7 Å². The van der Waals surface area contributed by atoms with Gasteiger partial charge in [-0.25, -0.2) is 0 Å². The third-order valence-electron chi connectivity index (χ3n) is 2.72. The van der Waals surface area contributed by atoms with Gasteiger partial charge in [-0.3, -0.25) is 0 Å². The molecule has 1 unspecified atom stereocenters. The molecule has 0 aliphatic carbocycles. The zero-order valence-electron chi connectivity index (χ0n) is 10.6. The summed E-state index contributed by atoms with van der Waals surface area (Å²) in [5, 5.41) is 17.5. The fourth-order valence-corrected chi connectivity index (χ4v) is 1.81. The predicted molar refractivity (Wildman–Crippen MR) is 67.0 cm³/mol. The van der Waals surface area contributed by atoms with E-state index in [1.54, 1.807) is 0 Å². The second-order valence-electron chi connectivity index (χ2n) is 4.48. The van der Waals surface area contributed by atoms with Crippen LogP contribution < -0.4 is 0 Å². The average Bonchev–Trinajstić information content (AvgIpc) is 2.31. The van der Waals surface area contributed by atoms with Crippen LogP contribution in [0.5, 0.6) is 0 Å². The second-order valence-corrected chi connectivity index (χ2v) is 4.48. The monoisotopic (exact) mass is 227 g/mol. The second kappa shape index (κ2) is 6.03. The molecule has 0 aliphatic heterocycles. The molecule has 0 N–H and O–H groups in total. The maximum Gasteiger partial charge on any atom is 0.0991 e. The Kier molecular flexibility index (Phi) is 4.69. The van der Waals surface area contributed by atoms with E-state index in [0.29, 0.717) is 5.56 Å². The van der Waals surface area contributed by atoms with E-state index >= 15 is 0 Å². The average molecular weight is 227 g/mol. The normalized spacial score (nSPS) is 11.9. The Morgan fingerprint density at radius 1 is 1.35 bits per heavy atom. The maximum atomic E-state index is 8.79. The highest BCUT2D eigenvalue weighted by Crippen LogP contribution is 2.13. The Labute approximate surface area is 103 Å². The number of nitriles is 2. The molecule has 88 valence electrons. The van der Waals surface area contributed by atoms with Gasteiger partial charge in [-0.1, -0.05) is 6.07 Å². The van der Waals surface area contributed by atoms with E-state index < -0.39 is 0 Å². The molecule has 0 fully saturated rings. The molecule has 0 saturated heterocycles. The molecule has 1 rings (SSSR count). The molecule has 0 heterocycles. The van der Waals surface area contributed by atoms with Gasteiger partial charge in [0.2, 0.25) is 0 Å². The quantitative estimate of drug-likeness (QED) is 0.794. The lowest BCUT2D eigenvalue weighted by molar-refractivity contribution is 0.302. The molecule has 3 nitrogen and oxygen atoms in total. The highest BCUT2D eigenvalue weighted by Gasteiger charge is 2.07. The molecular formula is C14H17N3. The van der Waals surface area contributed by atoms with Crippen LogP contribution in [0.3, 0.4) is 0 Å². The van der Waals surface area contributed by atoms with Gasteiger partial charge in [0, 0.05) is 13.1 Å². The van der Waals surface area contributed by atoms with Gasteiger partial charge in [0.05, 0.1) is 23.6 Å². The lowest BCUT2D eigenvalue weighted by atomic mass is 10.0. The van der Waals surface area contributed by atoms with Gasteiger partial charge in [-0.05, 0) is 44.2 Å². The van der Waals surface area contributed by atoms with Crippen molar-refractivity contribution in [3.63, 3.8) is 0 Å². The minimum absolute atomic E-state index is 0.0405. The standard InChI is InChI=1S/C14H17N3/c1-11(7-15)9-17(3)10-14-5-4-13(8-16)6-12(14)2/h4-6,11H,9-10H2,1-3H3. The van der Waals surface area contributed by atoms with Gasteiger partial charge in [0.1, 0.15) is 0 Å². The molecule has 0 amide bonds. The van der Waals surface area contributed by atoms with Crippen molar-refractivity contribution in [3.8, 4) is 12.1 Å². The first kappa shape index (κ1) is 13.2. The number of rotatable bonds is 4. The fraction of sp³-hybridized carbons (Fsp3) is 0.429. The topological polar surface area (TPSA) is 50.8 Å². The molecule has 1 aromatic carbocycles. The molecule has 0 spiro atoms. The van der Waals surface area contributed by atoms with Crippen molar-refractivity contribution in [2.75, 3.05) is 13.6 Å². The van der Waals surface area contributed by atoms with Gasteiger partial charge in [0.25, 0.3) is 0 Å². The Morgan fingerprint density at radius 2 is 2.06 bits per heavy atom. The summed E-state index contributed by atoms with van der Waals surface area (Å²) in [7, 11) is 2.01. The van der Waals surface area contributed by atoms with E-state index in [4.69, 9.17) is 10.5 Å². The SMILES string of the molecule is Cc1cc(C#N)ccc1CN(C)CC(C)C#N. The van der Waals surface area contributed by atoms with Crippen LogP contribution in [0, 0.1) is 35.5 Å². The minimum Gasteiger partial charge on any atom is -0.301 e. The van der Waals surface area contributed by atoms with Crippen molar-refractivity contribution < 1.29 is 0 Å². The van der Waals surface area contributed by atoms with Gasteiger partial charge < -0.3 is 4.90 Å². The van der Waals surface area contributed by atoms with E-state index in [2.05, 4.69) is 17.0 Å². The number of benzene rings is 1. The summed E-state index contributed by atoms with van der Waals surface area (Å²) in [6, 6.07) is 10.1. The molecule has 0 aromatic heterocycles. The van der Waals surface area contributed by atoms with E-state index in [1.165, 1.54) is 5.56 Å². The summed E-state index contributed by atoms with van der Waals surface area (Å²) >= 11 is 0. The molecule has 0 aliphatic rings. The van der Waals surface area contributed by atoms with Crippen LogP contribution in [0.25, 0.3) is 0 Å². The van der Waals surface area contributed by atoms with Crippen molar-refractivity contribution in [1.82, 2.24) is 4.90 Å². The van der Waals surface area contributed by atoms with E-state index in [1.807, 2.05) is 39.1 Å². The van der Waals surface area contributed by atoms with Crippen molar-refractivity contribution in [2.24, 2.45) is 5.92 Å². The summed E-state index contributed by atoms with van der Waals surface area (Å²) in [6.45, 7) is 5.50. The third kappa shape index (κ3) is 3.90. The summed E-state index contributed by atoms with van der Waals surface area (Å²) in [5.41, 5.74) is 3.02. The number of hydrogen-bond acceptors (Lipinski definition) is 3. The molecular weight excluding hydrogens is 210 g/mol. The van der Waals surface area contributed by atoms with Crippen molar-refractivity contribution in [1.29, 1.82) is 10.5 Å². The first-order valence-electron chi connectivity index (χ1n) is 5.64. The molecule has 0 bridgehead atoms. The van der Waals surface area contributed by atoms with Crippen LogP contribution in [-0.4, -0.2) is 18.5 Å². The fourth-order valence-electron chi connectivity index (χ4n) is 1.81. The number of aryl methyl sites for hydroxylation is 1. The molecule has 3 heteroatoms. The molecule has 0 saturated carbocycles. The van der Waals surface area contributed by atoms with Crippen LogP contribution in [0.4, 0.5) is 0 Å². The molecule has 1 aromatic rings. The van der Waals surface area contributed by atoms with Crippen LogP contribution in [0.2, 0.25) is 0 Å². The van der Waals surface area contributed by atoms with Crippen molar-refractivity contribution in [2.45, 2.75) is 20.4 Å². The van der Waals surface area contributed by atoms with Gasteiger partial charge >= 0.3 is 0 Å². The first-order valence-corrected chi connectivity index (χ1v) is 5.64. The minimum atomic E-state index is 0.0405. The van der Waals surface area contributed by atoms with Gasteiger partial charge in [-0.2, -0.15) is 10.5 Å². The third-order valence-corrected chi connectivity index (χ3v) is 2.72. The largest absolute Gasteiger partial charge is 0.301 e. The Bertz CT molecular complexity index is 465. The zero-order chi connectivity index (χ0) is 12.8. The van der Waals surface area contributed by atoms with Crippen molar-refractivity contribution >= 4 is 0 Å². The summed E-state index contributed by atoms with van der Waals surface area (Å²) in [5.74, 6) is 0.0405. The predicted octanol–water partition coefficient (Wildman–Crippen LogP) is 2.46. The van der Waals surface area contributed by atoms with Gasteiger partial charge in [-0.15, -0.1) is 0 Å². The van der Waals surface area contributed by atoms with Crippen LogP contribution in [0.1, 0.15) is 23.6 Å².